The van der Waals surface area contributed by atoms with Gasteiger partial charge in [0.1, 0.15) is 11.1 Å². The Bertz CT molecular complexity index is 279. The van der Waals surface area contributed by atoms with Gasteiger partial charge in [0.25, 0.3) is 0 Å². The van der Waals surface area contributed by atoms with E-state index in [0.717, 1.165) is 10.8 Å². The molecule has 56 valence electrons. The molecule has 1 heterocycles. The summed E-state index contributed by atoms with van der Waals surface area (Å²) in [6, 6.07) is 3.75. The summed E-state index contributed by atoms with van der Waals surface area (Å²) in [5.74, 6) is 0.948. The summed E-state index contributed by atoms with van der Waals surface area (Å²) < 4.78 is 0. The van der Waals surface area contributed by atoms with E-state index in [4.69, 9.17) is 5.26 Å². The smallest absolute Gasteiger partial charge is 0.120 e. The Morgan fingerprint density at radius 1 is 1.73 bits per heavy atom. The van der Waals surface area contributed by atoms with E-state index < -0.39 is 0 Å². The van der Waals surface area contributed by atoms with Crippen LogP contribution in [0.5, 0.6) is 0 Å². The van der Waals surface area contributed by atoms with Crippen LogP contribution in [-0.2, 0) is 0 Å². The molecule has 1 aromatic heterocycles. The predicted molar refractivity (Wildman–Crippen MR) is 43.1 cm³/mol. The predicted octanol–water partition coefficient (Wildman–Crippen LogP) is 1.46. The molecule has 0 saturated heterocycles. The van der Waals surface area contributed by atoms with E-state index in [1.165, 1.54) is 6.20 Å². The first kappa shape index (κ1) is 8.02. The minimum absolute atomic E-state index is 0.566. The second-order valence-corrected chi connectivity index (χ2v) is 3.11. The largest absolute Gasteiger partial charge is 0.192 e. The van der Waals surface area contributed by atoms with E-state index >= 15 is 0 Å². The molecule has 0 aromatic carbocycles. The number of hydrogen-bond donors (Lipinski definition) is 0. The average molecular weight is 165 g/mol. The molecule has 0 aliphatic rings. The maximum Gasteiger partial charge on any atom is 0.120 e. The molecule has 0 aliphatic heterocycles. The Morgan fingerprint density at radius 2 is 2.55 bits per heavy atom. The van der Waals surface area contributed by atoms with Crippen molar-refractivity contribution in [1.82, 2.24) is 10.2 Å². The summed E-state index contributed by atoms with van der Waals surface area (Å²) in [5, 5.41) is 16.8. The lowest BCUT2D eigenvalue weighted by atomic mass is 10.3. The van der Waals surface area contributed by atoms with Gasteiger partial charge in [-0.15, -0.1) is 16.9 Å². The molecule has 1 aromatic rings. The minimum Gasteiger partial charge on any atom is -0.192 e. The summed E-state index contributed by atoms with van der Waals surface area (Å²) in [6.07, 6.45) is 1.46. The van der Waals surface area contributed by atoms with Crippen molar-refractivity contribution in [3.63, 3.8) is 0 Å². The molecule has 0 saturated carbocycles. The number of rotatable bonds is 2. The zero-order valence-corrected chi connectivity index (χ0v) is 6.93. The fraction of sp³-hybridized carbons (Fsp3) is 0.286. The summed E-state index contributed by atoms with van der Waals surface area (Å²) in [5.41, 5.74) is 0.566. The van der Waals surface area contributed by atoms with Crippen LogP contribution in [0.4, 0.5) is 0 Å². The number of thioether (sulfide) groups is 1. The molecule has 0 amide bonds. The Labute approximate surface area is 69.4 Å². The van der Waals surface area contributed by atoms with Crippen molar-refractivity contribution < 1.29 is 0 Å². The normalized spacial score (nSPS) is 9.09. The Morgan fingerprint density at radius 3 is 3.18 bits per heavy atom. The van der Waals surface area contributed by atoms with Gasteiger partial charge in [0.05, 0.1) is 11.8 Å². The molecular weight excluding hydrogens is 158 g/mol. The van der Waals surface area contributed by atoms with E-state index in [-0.39, 0.29) is 0 Å². The van der Waals surface area contributed by atoms with Gasteiger partial charge in [-0.25, -0.2) is 0 Å². The fourth-order valence-corrected chi connectivity index (χ4v) is 1.24. The van der Waals surface area contributed by atoms with E-state index in [1.54, 1.807) is 17.8 Å². The molecule has 3 nitrogen and oxygen atoms in total. The van der Waals surface area contributed by atoms with Crippen molar-refractivity contribution in [3.8, 4) is 6.07 Å². The quantitative estimate of drug-likeness (QED) is 0.622. The molecule has 0 atom stereocenters. The number of nitrogens with zero attached hydrogens (tertiary/aromatic N) is 3. The molecule has 1 rings (SSSR count). The van der Waals surface area contributed by atoms with Crippen LogP contribution in [0.25, 0.3) is 0 Å². The molecule has 0 radical (unpaired) electrons. The molecule has 11 heavy (non-hydrogen) atoms. The highest BCUT2D eigenvalue weighted by Crippen LogP contribution is 2.13. The Hall–Kier alpha value is -1.08. The maximum atomic E-state index is 8.50. The molecule has 0 bridgehead atoms. The third-order valence-electron chi connectivity index (χ3n) is 1.05. The molecule has 0 aliphatic carbocycles. The van der Waals surface area contributed by atoms with Gasteiger partial charge < -0.3 is 0 Å². The van der Waals surface area contributed by atoms with Crippen molar-refractivity contribution in [1.29, 1.82) is 5.26 Å². The van der Waals surface area contributed by atoms with Crippen LogP contribution in [0.15, 0.2) is 17.3 Å². The van der Waals surface area contributed by atoms with Crippen LogP contribution in [0.2, 0.25) is 0 Å². The van der Waals surface area contributed by atoms with Crippen LogP contribution >= 0.6 is 11.8 Å². The van der Waals surface area contributed by atoms with Gasteiger partial charge in [0.15, 0.2) is 0 Å². The minimum atomic E-state index is 0.566. The zero-order chi connectivity index (χ0) is 8.10. The third-order valence-corrected chi connectivity index (χ3v) is 1.84. The Kier molecular flexibility index (Phi) is 2.87. The SMILES string of the molecule is CCSc1cc(C#N)cnn1. The summed E-state index contributed by atoms with van der Waals surface area (Å²) >= 11 is 1.58. The second kappa shape index (κ2) is 3.94. The first-order chi connectivity index (χ1) is 5.36. The van der Waals surface area contributed by atoms with Gasteiger partial charge in [-0.2, -0.15) is 10.4 Å². The fourth-order valence-electron chi connectivity index (χ4n) is 0.627. The van der Waals surface area contributed by atoms with E-state index in [1.807, 2.05) is 13.0 Å². The maximum absolute atomic E-state index is 8.50. The molecule has 0 unspecified atom stereocenters. The van der Waals surface area contributed by atoms with Gasteiger partial charge in [-0.3, -0.25) is 0 Å². The van der Waals surface area contributed by atoms with Crippen molar-refractivity contribution in [2.75, 3.05) is 5.75 Å². The van der Waals surface area contributed by atoms with Crippen LogP contribution in [0, 0.1) is 11.3 Å². The lowest BCUT2D eigenvalue weighted by Crippen LogP contribution is -1.86. The average Bonchev–Trinajstić information content (AvgIpc) is 2.06. The lowest BCUT2D eigenvalue weighted by Gasteiger charge is -1.93. The van der Waals surface area contributed by atoms with Crippen molar-refractivity contribution in [2.24, 2.45) is 0 Å². The summed E-state index contributed by atoms with van der Waals surface area (Å²) in [7, 11) is 0. The molecule has 4 heteroatoms. The summed E-state index contributed by atoms with van der Waals surface area (Å²) in [6.45, 7) is 2.03. The van der Waals surface area contributed by atoms with Gasteiger partial charge in [-0.05, 0) is 11.8 Å². The van der Waals surface area contributed by atoms with E-state index in [2.05, 4.69) is 10.2 Å². The lowest BCUT2D eigenvalue weighted by molar-refractivity contribution is 0.924. The number of nitriles is 1. The van der Waals surface area contributed by atoms with E-state index in [9.17, 15) is 0 Å². The highest BCUT2D eigenvalue weighted by molar-refractivity contribution is 7.99. The van der Waals surface area contributed by atoms with Crippen LogP contribution in [-0.4, -0.2) is 16.0 Å². The third kappa shape index (κ3) is 2.20. The van der Waals surface area contributed by atoms with Crippen molar-refractivity contribution in [3.05, 3.63) is 17.8 Å². The standard InChI is InChI=1S/C7H7N3S/c1-2-11-7-3-6(4-8)5-9-10-7/h3,5H,2H2,1H3. The highest BCUT2D eigenvalue weighted by Gasteiger charge is 1.95. The first-order valence-electron chi connectivity index (χ1n) is 3.22. The molecule has 0 spiro atoms. The number of aromatic nitrogens is 2. The topological polar surface area (TPSA) is 49.6 Å². The zero-order valence-electron chi connectivity index (χ0n) is 6.11. The Balaban J connectivity index is 2.85. The monoisotopic (exact) mass is 165 g/mol. The van der Waals surface area contributed by atoms with Gasteiger partial charge >= 0.3 is 0 Å². The van der Waals surface area contributed by atoms with Gasteiger partial charge in [0.2, 0.25) is 0 Å². The number of hydrogen-bond acceptors (Lipinski definition) is 4. The van der Waals surface area contributed by atoms with Gasteiger partial charge in [-0.1, -0.05) is 6.92 Å². The molecule has 0 fully saturated rings. The van der Waals surface area contributed by atoms with Crippen LogP contribution < -0.4 is 0 Å². The van der Waals surface area contributed by atoms with Crippen molar-refractivity contribution >= 4 is 11.8 Å². The van der Waals surface area contributed by atoms with Crippen molar-refractivity contribution in [2.45, 2.75) is 11.9 Å². The van der Waals surface area contributed by atoms with Gasteiger partial charge in [0, 0.05) is 0 Å². The summed E-state index contributed by atoms with van der Waals surface area (Å²) in [4.78, 5) is 0. The highest BCUT2D eigenvalue weighted by atomic mass is 32.2. The molecular formula is C7H7N3S. The molecule has 0 N–H and O–H groups in total. The van der Waals surface area contributed by atoms with Crippen LogP contribution in [0.3, 0.4) is 0 Å². The van der Waals surface area contributed by atoms with E-state index in [0.29, 0.717) is 5.56 Å². The van der Waals surface area contributed by atoms with Crippen LogP contribution in [0.1, 0.15) is 12.5 Å². The second-order valence-electron chi connectivity index (χ2n) is 1.83. The first-order valence-corrected chi connectivity index (χ1v) is 4.21.